The first-order valence-corrected chi connectivity index (χ1v) is 9.24. The molecule has 1 unspecified atom stereocenters. The van der Waals surface area contributed by atoms with Gasteiger partial charge in [-0.25, -0.2) is 0 Å². The predicted octanol–water partition coefficient (Wildman–Crippen LogP) is 2.53. The SMILES string of the molecule is NP(I)c1cccc(CCc2ccc[nH]2)n1. The van der Waals surface area contributed by atoms with E-state index in [1.165, 1.54) is 5.69 Å². The van der Waals surface area contributed by atoms with Crippen LogP contribution in [0.2, 0.25) is 0 Å². The first-order chi connectivity index (χ1) is 7.75. The number of aromatic amines is 1. The molecule has 2 aromatic rings. The van der Waals surface area contributed by atoms with Crippen molar-refractivity contribution in [2.45, 2.75) is 12.8 Å². The second-order valence-electron chi connectivity index (χ2n) is 3.49. The lowest BCUT2D eigenvalue weighted by Crippen LogP contribution is -2.10. The second kappa shape index (κ2) is 5.75. The summed E-state index contributed by atoms with van der Waals surface area (Å²) >= 11 is 2.24. The monoisotopic (exact) mass is 345 g/mol. The van der Waals surface area contributed by atoms with Crippen LogP contribution in [0.3, 0.4) is 0 Å². The number of hydrogen-bond donors (Lipinski definition) is 2. The van der Waals surface area contributed by atoms with Crippen LogP contribution in [-0.4, -0.2) is 9.97 Å². The molecule has 2 heterocycles. The van der Waals surface area contributed by atoms with Crippen molar-refractivity contribution in [2.75, 3.05) is 0 Å². The summed E-state index contributed by atoms with van der Waals surface area (Å²) in [7, 11) is 0. The van der Waals surface area contributed by atoms with Gasteiger partial charge in [-0.3, -0.25) is 10.5 Å². The number of aryl methyl sites for hydroxylation is 2. The summed E-state index contributed by atoms with van der Waals surface area (Å²) in [6.45, 7) is 0. The average molecular weight is 345 g/mol. The van der Waals surface area contributed by atoms with Crippen LogP contribution >= 0.6 is 27.8 Å². The topological polar surface area (TPSA) is 54.7 Å². The number of rotatable bonds is 4. The molecule has 0 saturated heterocycles. The van der Waals surface area contributed by atoms with Crippen molar-refractivity contribution < 1.29 is 0 Å². The predicted molar refractivity (Wildman–Crippen MR) is 77.2 cm³/mol. The summed E-state index contributed by atoms with van der Waals surface area (Å²) in [6, 6.07) is 10.2. The van der Waals surface area contributed by atoms with Crippen LogP contribution in [0, 0.1) is 0 Å². The van der Waals surface area contributed by atoms with E-state index in [-0.39, 0.29) is 0 Å². The molecule has 2 rings (SSSR count). The lowest BCUT2D eigenvalue weighted by atomic mass is 10.2. The fourth-order valence-corrected chi connectivity index (χ4v) is 2.77. The lowest BCUT2D eigenvalue weighted by Gasteiger charge is -2.05. The first kappa shape index (κ1) is 12.0. The highest BCUT2D eigenvalue weighted by Crippen LogP contribution is 2.33. The molecule has 1 atom stereocenters. The summed E-state index contributed by atoms with van der Waals surface area (Å²) in [6.07, 6.45) is 3.89. The average Bonchev–Trinajstić information content (AvgIpc) is 2.79. The van der Waals surface area contributed by atoms with E-state index in [1.807, 2.05) is 24.4 Å². The van der Waals surface area contributed by atoms with E-state index in [2.05, 4.69) is 44.1 Å². The van der Waals surface area contributed by atoms with E-state index in [9.17, 15) is 0 Å². The van der Waals surface area contributed by atoms with E-state index in [1.54, 1.807) is 0 Å². The zero-order valence-corrected chi connectivity index (χ0v) is 11.8. The van der Waals surface area contributed by atoms with Crippen molar-refractivity contribution in [3.8, 4) is 0 Å². The van der Waals surface area contributed by atoms with Gasteiger partial charge < -0.3 is 4.98 Å². The Morgan fingerprint density at radius 3 is 2.81 bits per heavy atom. The van der Waals surface area contributed by atoms with Crippen molar-refractivity contribution in [3.63, 3.8) is 0 Å². The summed E-state index contributed by atoms with van der Waals surface area (Å²) in [5.41, 5.74) is 8.61. The van der Waals surface area contributed by atoms with Crippen LogP contribution in [0.5, 0.6) is 0 Å². The maximum atomic E-state index is 5.86. The maximum absolute atomic E-state index is 5.86. The van der Waals surface area contributed by atoms with Crippen LogP contribution in [-0.2, 0) is 12.8 Å². The van der Waals surface area contributed by atoms with Gasteiger partial charge in [-0.05, 0) is 59.1 Å². The van der Waals surface area contributed by atoms with Gasteiger partial charge in [0.2, 0.25) is 0 Å². The number of nitrogens with one attached hydrogen (secondary N) is 1. The van der Waals surface area contributed by atoms with E-state index in [4.69, 9.17) is 5.50 Å². The number of pyridine rings is 1. The van der Waals surface area contributed by atoms with Gasteiger partial charge in [0, 0.05) is 17.6 Å². The minimum absolute atomic E-state index is 0.616. The summed E-state index contributed by atoms with van der Waals surface area (Å²) < 4.78 is 0. The molecule has 0 bridgehead atoms. The second-order valence-corrected chi connectivity index (χ2v) is 7.69. The molecule has 0 aliphatic heterocycles. The third-order valence-electron chi connectivity index (χ3n) is 2.32. The van der Waals surface area contributed by atoms with E-state index < -0.39 is 5.71 Å². The molecule has 0 spiro atoms. The van der Waals surface area contributed by atoms with Crippen molar-refractivity contribution in [1.82, 2.24) is 9.97 Å². The fraction of sp³-hybridized carbons (Fsp3) is 0.182. The van der Waals surface area contributed by atoms with Gasteiger partial charge in [0.25, 0.3) is 0 Å². The molecule has 0 radical (unpaired) electrons. The van der Waals surface area contributed by atoms with Crippen LogP contribution in [0.15, 0.2) is 36.5 Å². The molecule has 0 aliphatic rings. The van der Waals surface area contributed by atoms with Crippen LogP contribution in [0.1, 0.15) is 11.4 Å². The molecule has 3 nitrogen and oxygen atoms in total. The van der Waals surface area contributed by atoms with Gasteiger partial charge in [0.15, 0.2) is 0 Å². The molecular weight excluding hydrogens is 332 g/mol. The standard InChI is InChI=1S/C11H13IN3P/c12-16(13)11-5-1-3-10(15-11)7-6-9-4-2-8-14-9/h1-5,8,14H,6-7,13H2. The maximum Gasteiger partial charge on any atom is 0.0884 e. The number of H-pyrrole nitrogens is 1. The lowest BCUT2D eigenvalue weighted by molar-refractivity contribution is 0.893. The van der Waals surface area contributed by atoms with Gasteiger partial charge in [-0.15, -0.1) is 0 Å². The summed E-state index contributed by atoms with van der Waals surface area (Å²) in [5, 5.41) is 0. The third-order valence-corrected chi connectivity index (χ3v) is 4.49. The van der Waals surface area contributed by atoms with Gasteiger partial charge in [0.1, 0.15) is 0 Å². The number of nitrogens with zero attached hydrogens (tertiary/aromatic N) is 1. The summed E-state index contributed by atoms with van der Waals surface area (Å²) in [5.74, 6) is 0. The van der Waals surface area contributed by atoms with Gasteiger partial charge in [-0.1, -0.05) is 6.07 Å². The van der Waals surface area contributed by atoms with E-state index >= 15 is 0 Å². The highest BCUT2D eigenvalue weighted by Gasteiger charge is 2.04. The van der Waals surface area contributed by atoms with E-state index in [0.717, 1.165) is 24.0 Å². The molecule has 0 fully saturated rings. The van der Waals surface area contributed by atoms with Crippen molar-refractivity contribution >= 4 is 33.2 Å². The Hall–Kier alpha value is -0.450. The van der Waals surface area contributed by atoms with Gasteiger partial charge in [0.05, 0.1) is 11.1 Å². The zero-order chi connectivity index (χ0) is 11.4. The minimum Gasteiger partial charge on any atom is -0.365 e. The number of halogens is 1. The van der Waals surface area contributed by atoms with Crippen molar-refractivity contribution in [2.24, 2.45) is 5.50 Å². The van der Waals surface area contributed by atoms with Crippen LogP contribution in [0.25, 0.3) is 0 Å². The molecule has 16 heavy (non-hydrogen) atoms. The highest BCUT2D eigenvalue weighted by molar-refractivity contribution is 14.2. The Labute approximate surface area is 109 Å². The Kier molecular flexibility index (Phi) is 4.32. The normalized spacial score (nSPS) is 12.6. The van der Waals surface area contributed by atoms with Crippen molar-refractivity contribution in [1.29, 1.82) is 0 Å². The minimum atomic E-state index is -0.616. The first-order valence-electron chi connectivity index (χ1n) is 5.04. The van der Waals surface area contributed by atoms with Gasteiger partial charge >= 0.3 is 0 Å². The van der Waals surface area contributed by atoms with Crippen LogP contribution in [0.4, 0.5) is 0 Å². The fourth-order valence-electron chi connectivity index (χ4n) is 1.51. The quantitative estimate of drug-likeness (QED) is 0.661. The molecular formula is C11H13IN3P. The molecule has 0 aromatic carbocycles. The molecule has 2 aromatic heterocycles. The number of nitrogens with two attached hydrogens (primary N) is 1. The number of aromatic nitrogens is 2. The number of hydrogen-bond acceptors (Lipinski definition) is 2. The summed E-state index contributed by atoms with van der Waals surface area (Å²) in [4.78, 5) is 7.75. The molecule has 0 aliphatic carbocycles. The Morgan fingerprint density at radius 1 is 1.25 bits per heavy atom. The Bertz CT molecular complexity index is 442. The largest absolute Gasteiger partial charge is 0.365 e. The van der Waals surface area contributed by atoms with Crippen molar-refractivity contribution in [3.05, 3.63) is 47.9 Å². The molecule has 3 N–H and O–H groups in total. The molecule has 84 valence electrons. The molecule has 0 amide bonds. The Balaban J connectivity index is 2.01. The molecule has 5 heteroatoms. The zero-order valence-electron chi connectivity index (χ0n) is 8.73. The molecule has 0 saturated carbocycles. The third kappa shape index (κ3) is 3.27. The van der Waals surface area contributed by atoms with E-state index in [0.29, 0.717) is 0 Å². The van der Waals surface area contributed by atoms with Gasteiger partial charge in [-0.2, -0.15) is 0 Å². The Morgan fingerprint density at radius 2 is 2.12 bits per heavy atom. The smallest absolute Gasteiger partial charge is 0.0884 e. The highest BCUT2D eigenvalue weighted by atomic mass is 127. The van der Waals surface area contributed by atoms with Crippen LogP contribution < -0.4 is 10.9 Å².